The fraction of sp³-hybridized carbons (Fsp3) is 0.269. The number of amides is 1. The van der Waals surface area contributed by atoms with E-state index in [-0.39, 0.29) is 17.9 Å². The number of carboxylic acid groups (broad SMARTS) is 2. The van der Waals surface area contributed by atoms with Gasteiger partial charge in [0.2, 0.25) is 0 Å². The molecule has 0 aliphatic carbocycles. The summed E-state index contributed by atoms with van der Waals surface area (Å²) in [5, 5.41) is 26.5. The molecule has 3 aromatic rings. The SMILES string of the molecule is CN(CCN(C)c1ccn2c(=O)c(C(=O)NC(CC(=O)O)c3ccccc3)ccc2c1)C(=N)N.O=C(O)C(F)(F)F. The maximum absolute atomic E-state index is 13.0. The van der Waals surface area contributed by atoms with Gasteiger partial charge in [-0.15, -0.1) is 0 Å². The van der Waals surface area contributed by atoms with E-state index in [2.05, 4.69) is 5.32 Å². The predicted molar refractivity (Wildman–Crippen MR) is 144 cm³/mol. The number of guanidine groups is 1. The summed E-state index contributed by atoms with van der Waals surface area (Å²) in [6.45, 7) is 1.17. The lowest BCUT2D eigenvalue weighted by Gasteiger charge is -2.24. The Bertz CT molecular complexity index is 1460. The van der Waals surface area contributed by atoms with Crippen LogP contribution in [0.5, 0.6) is 0 Å². The molecule has 6 N–H and O–H groups in total. The molecule has 0 saturated carbocycles. The molecule has 0 spiro atoms. The molecule has 2 heterocycles. The number of aliphatic carboxylic acids is 2. The highest BCUT2D eigenvalue weighted by Gasteiger charge is 2.38. The van der Waals surface area contributed by atoms with Gasteiger partial charge in [-0.25, -0.2) is 4.79 Å². The highest BCUT2D eigenvalue weighted by Crippen LogP contribution is 2.18. The van der Waals surface area contributed by atoms with Crippen LogP contribution in [0.15, 0.2) is 65.6 Å². The van der Waals surface area contributed by atoms with Crippen molar-refractivity contribution in [3.8, 4) is 0 Å². The van der Waals surface area contributed by atoms with E-state index in [0.29, 0.717) is 24.2 Å². The molecule has 12 nitrogen and oxygen atoms in total. The average Bonchev–Trinajstić information content (AvgIpc) is 2.91. The minimum Gasteiger partial charge on any atom is -0.481 e. The number of anilines is 1. The van der Waals surface area contributed by atoms with Crippen molar-refractivity contribution in [1.82, 2.24) is 14.6 Å². The van der Waals surface area contributed by atoms with E-state index in [1.807, 2.05) is 18.0 Å². The van der Waals surface area contributed by atoms with E-state index in [1.165, 1.54) is 10.5 Å². The van der Waals surface area contributed by atoms with Crippen LogP contribution in [0.2, 0.25) is 0 Å². The first-order valence-electron chi connectivity index (χ1n) is 11.9. The second-order valence-electron chi connectivity index (χ2n) is 8.80. The number of nitrogens with one attached hydrogen (secondary N) is 2. The third-order valence-electron chi connectivity index (χ3n) is 5.83. The molecule has 3 rings (SSSR count). The van der Waals surface area contributed by atoms with Gasteiger partial charge in [0, 0.05) is 39.1 Å². The number of fused-ring (bicyclic) bond motifs is 1. The number of carboxylic acids is 2. The number of nitrogens with two attached hydrogens (primary N) is 1. The number of carbonyl (C=O) groups is 3. The fourth-order valence-corrected chi connectivity index (χ4v) is 3.50. The van der Waals surface area contributed by atoms with Crippen molar-refractivity contribution in [2.24, 2.45) is 5.73 Å². The highest BCUT2D eigenvalue weighted by atomic mass is 19.4. The number of hydrogen-bond acceptors (Lipinski definition) is 6. The van der Waals surface area contributed by atoms with Gasteiger partial charge in [0.25, 0.3) is 11.5 Å². The third-order valence-corrected chi connectivity index (χ3v) is 5.83. The van der Waals surface area contributed by atoms with Crippen LogP contribution in [-0.2, 0) is 9.59 Å². The minimum absolute atomic E-state index is 0.0119. The van der Waals surface area contributed by atoms with Crippen LogP contribution >= 0.6 is 0 Å². The number of nitrogens with zero attached hydrogens (tertiary/aromatic N) is 3. The molecule has 1 unspecified atom stereocenters. The quantitative estimate of drug-likeness (QED) is 0.188. The van der Waals surface area contributed by atoms with E-state index < -0.39 is 35.6 Å². The van der Waals surface area contributed by atoms with Crippen LogP contribution < -0.4 is 21.5 Å². The Hall–Kier alpha value is -5.08. The van der Waals surface area contributed by atoms with E-state index in [4.69, 9.17) is 21.0 Å². The summed E-state index contributed by atoms with van der Waals surface area (Å²) in [7, 11) is 3.63. The Balaban J connectivity index is 0.000000745. The van der Waals surface area contributed by atoms with E-state index in [1.54, 1.807) is 60.6 Å². The summed E-state index contributed by atoms with van der Waals surface area (Å²) in [6.07, 6.45) is -3.79. The molecule has 1 amide bonds. The second kappa shape index (κ2) is 13.8. The lowest BCUT2D eigenvalue weighted by molar-refractivity contribution is -0.192. The molecule has 0 bridgehead atoms. The summed E-state index contributed by atoms with van der Waals surface area (Å²) in [5.74, 6) is -4.46. The lowest BCUT2D eigenvalue weighted by Crippen LogP contribution is -2.38. The van der Waals surface area contributed by atoms with Gasteiger partial charge in [-0.3, -0.25) is 24.2 Å². The van der Waals surface area contributed by atoms with Crippen LogP contribution in [0.25, 0.3) is 5.52 Å². The van der Waals surface area contributed by atoms with Gasteiger partial charge in [-0.2, -0.15) is 13.2 Å². The zero-order chi connectivity index (χ0) is 30.9. The molecule has 0 saturated heterocycles. The molecule has 15 heteroatoms. The van der Waals surface area contributed by atoms with Gasteiger partial charge < -0.3 is 31.1 Å². The molecule has 1 atom stereocenters. The number of halogens is 3. The summed E-state index contributed by atoms with van der Waals surface area (Å²) in [5.41, 5.74) is 7.00. The van der Waals surface area contributed by atoms with Gasteiger partial charge in [0.15, 0.2) is 5.96 Å². The van der Waals surface area contributed by atoms with Crippen LogP contribution in [0.3, 0.4) is 0 Å². The summed E-state index contributed by atoms with van der Waals surface area (Å²) in [4.78, 5) is 49.7. The largest absolute Gasteiger partial charge is 0.490 e. The van der Waals surface area contributed by atoms with Crippen molar-refractivity contribution in [2.75, 3.05) is 32.1 Å². The Morgan fingerprint density at radius 2 is 1.66 bits per heavy atom. The Morgan fingerprint density at radius 1 is 1.05 bits per heavy atom. The Labute approximate surface area is 231 Å². The van der Waals surface area contributed by atoms with Crippen molar-refractivity contribution in [3.05, 3.63) is 82.3 Å². The average molecular weight is 579 g/mol. The minimum atomic E-state index is -5.08. The maximum atomic E-state index is 13.0. The second-order valence-corrected chi connectivity index (χ2v) is 8.80. The number of hydrogen-bond donors (Lipinski definition) is 5. The zero-order valence-corrected chi connectivity index (χ0v) is 22.1. The number of carbonyl (C=O) groups excluding carboxylic acids is 1. The van der Waals surface area contributed by atoms with Crippen LogP contribution in [0.1, 0.15) is 28.4 Å². The molecule has 0 fully saturated rings. The maximum Gasteiger partial charge on any atom is 0.490 e. The first-order valence-corrected chi connectivity index (χ1v) is 11.9. The smallest absolute Gasteiger partial charge is 0.481 e. The van der Waals surface area contributed by atoms with Crippen molar-refractivity contribution < 1.29 is 37.8 Å². The Morgan fingerprint density at radius 3 is 2.20 bits per heavy atom. The van der Waals surface area contributed by atoms with Gasteiger partial charge in [0.05, 0.1) is 18.0 Å². The highest BCUT2D eigenvalue weighted by molar-refractivity contribution is 5.94. The molecular formula is C26H29F3N6O6. The van der Waals surface area contributed by atoms with E-state index in [9.17, 15) is 32.7 Å². The van der Waals surface area contributed by atoms with Crippen molar-refractivity contribution in [3.63, 3.8) is 0 Å². The molecule has 0 radical (unpaired) electrons. The molecule has 41 heavy (non-hydrogen) atoms. The Kier molecular flexibility index (Phi) is 10.8. The first kappa shape index (κ1) is 32.1. The number of alkyl halides is 3. The normalized spacial score (nSPS) is 11.5. The van der Waals surface area contributed by atoms with E-state index >= 15 is 0 Å². The van der Waals surface area contributed by atoms with Gasteiger partial charge in [0.1, 0.15) is 5.56 Å². The van der Waals surface area contributed by atoms with E-state index in [0.717, 1.165) is 5.69 Å². The van der Waals surface area contributed by atoms with Crippen LogP contribution in [0.4, 0.5) is 18.9 Å². The molecule has 220 valence electrons. The van der Waals surface area contributed by atoms with Gasteiger partial charge >= 0.3 is 18.1 Å². The molecule has 2 aromatic heterocycles. The van der Waals surface area contributed by atoms with Gasteiger partial charge in [-0.1, -0.05) is 30.3 Å². The summed E-state index contributed by atoms with van der Waals surface area (Å²) in [6, 6.07) is 14.7. The van der Waals surface area contributed by atoms with Crippen LogP contribution in [-0.4, -0.2) is 76.7 Å². The summed E-state index contributed by atoms with van der Waals surface area (Å²) < 4.78 is 33.1. The van der Waals surface area contributed by atoms with Crippen molar-refractivity contribution >= 4 is 35.0 Å². The van der Waals surface area contributed by atoms with Crippen molar-refractivity contribution in [2.45, 2.75) is 18.6 Å². The number of benzene rings is 1. The molecule has 1 aromatic carbocycles. The molecular weight excluding hydrogens is 549 g/mol. The topological polar surface area (TPSA) is 182 Å². The first-order chi connectivity index (χ1) is 19.1. The zero-order valence-electron chi connectivity index (χ0n) is 22.1. The van der Waals surface area contributed by atoms with Crippen LogP contribution in [0, 0.1) is 5.41 Å². The number of pyridine rings is 2. The fourth-order valence-electron chi connectivity index (χ4n) is 3.50. The standard InChI is InChI=1S/C24H28N6O4.C2HF3O2/c1-28(12-13-29(2)24(25)26)17-10-11-30-18(14-17)8-9-19(23(30)34)22(33)27-20(15-21(31)32)16-6-4-3-5-7-16;3-2(4,5)1(6)7/h3-11,14,20H,12-13,15H2,1-2H3,(H3,25,26)(H,27,33)(H,31,32);(H,6,7). The number of rotatable bonds is 9. The molecule has 0 aliphatic rings. The molecule has 0 aliphatic heterocycles. The predicted octanol–water partition coefficient (Wildman–Crippen LogP) is 2.14. The third kappa shape index (κ3) is 9.26. The number of aromatic nitrogens is 1. The number of likely N-dealkylation sites (N-methyl/N-ethyl adjacent to an activating group) is 2. The lowest BCUT2D eigenvalue weighted by atomic mass is 10.0. The summed E-state index contributed by atoms with van der Waals surface area (Å²) >= 11 is 0. The monoisotopic (exact) mass is 578 g/mol. The van der Waals surface area contributed by atoms with Gasteiger partial charge in [-0.05, 0) is 29.8 Å². The van der Waals surface area contributed by atoms with Crippen molar-refractivity contribution in [1.29, 1.82) is 5.41 Å².